The van der Waals surface area contributed by atoms with Gasteiger partial charge >= 0.3 is 0 Å². The van der Waals surface area contributed by atoms with Crippen LogP contribution >= 0.6 is 15.9 Å². The van der Waals surface area contributed by atoms with Crippen LogP contribution in [0.2, 0.25) is 0 Å². The first-order valence-corrected chi connectivity index (χ1v) is 7.95. The van der Waals surface area contributed by atoms with Crippen LogP contribution in [0.1, 0.15) is 49.9 Å². The molecule has 0 saturated carbocycles. The first-order valence-electron chi connectivity index (χ1n) is 7.16. The predicted molar refractivity (Wildman–Crippen MR) is 89.9 cm³/mol. The van der Waals surface area contributed by atoms with Gasteiger partial charge in [0, 0.05) is 4.47 Å². The molecule has 0 spiro atoms. The Bertz CT molecular complexity index is 620. The summed E-state index contributed by atoms with van der Waals surface area (Å²) in [5.74, 6) is -0.271. The van der Waals surface area contributed by atoms with Crippen molar-refractivity contribution in [3.8, 4) is 0 Å². The summed E-state index contributed by atoms with van der Waals surface area (Å²) in [4.78, 5) is 0. The molecule has 0 aliphatic heterocycles. The van der Waals surface area contributed by atoms with Crippen molar-refractivity contribution < 1.29 is 4.39 Å². The second-order valence-corrected chi connectivity index (χ2v) is 6.86. The summed E-state index contributed by atoms with van der Waals surface area (Å²) >= 11 is 3.44. The van der Waals surface area contributed by atoms with Crippen LogP contribution in [0.25, 0.3) is 0 Å². The van der Waals surface area contributed by atoms with E-state index < -0.39 is 0 Å². The highest BCUT2D eigenvalue weighted by molar-refractivity contribution is 9.10. The number of benzene rings is 2. The van der Waals surface area contributed by atoms with Crippen LogP contribution in [-0.4, -0.2) is 0 Å². The molecular weight excluding hydrogens is 329 g/mol. The number of hydrogen-bond donors (Lipinski definition) is 1. The zero-order valence-corrected chi connectivity index (χ0v) is 14.2. The van der Waals surface area contributed by atoms with Crippen molar-refractivity contribution in [3.63, 3.8) is 0 Å². The smallest absolute Gasteiger partial charge is 0.123 e. The molecule has 0 saturated heterocycles. The first kappa shape index (κ1) is 16.2. The summed E-state index contributed by atoms with van der Waals surface area (Å²) in [6, 6.07) is 12.6. The van der Waals surface area contributed by atoms with Crippen LogP contribution in [0.3, 0.4) is 0 Å². The number of halogens is 2. The maximum atomic E-state index is 13.4. The van der Waals surface area contributed by atoms with E-state index in [1.54, 1.807) is 6.07 Å². The maximum Gasteiger partial charge on any atom is 0.123 e. The van der Waals surface area contributed by atoms with E-state index in [1.165, 1.54) is 17.7 Å². The van der Waals surface area contributed by atoms with Gasteiger partial charge in [-0.15, -0.1) is 0 Å². The number of rotatable bonds is 4. The topological polar surface area (TPSA) is 26.0 Å². The minimum Gasteiger partial charge on any atom is -0.320 e. The van der Waals surface area contributed by atoms with E-state index in [0.717, 1.165) is 22.0 Å². The van der Waals surface area contributed by atoms with Crippen molar-refractivity contribution in [2.24, 2.45) is 5.73 Å². The van der Waals surface area contributed by atoms with E-state index in [9.17, 15) is 4.39 Å². The molecule has 0 radical (unpaired) electrons. The maximum absolute atomic E-state index is 13.4. The third kappa shape index (κ3) is 3.53. The van der Waals surface area contributed by atoms with Crippen molar-refractivity contribution in [2.45, 2.75) is 38.6 Å². The Morgan fingerprint density at radius 1 is 1.14 bits per heavy atom. The van der Waals surface area contributed by atoms with Crippen LogP contribution in [0.5, 0.6) is 0 Å². The molecule has 0 bridgehead atoms. The number of nitrogens with two attached hydrogens (primary N) is 1. The molecule has 0 fully saturated rings. The molecule has 1 atom stereocenters. The van der Waals surface area contributed by atoms with E-state index in [-0.39, 0.29) is 17.3 Å². The summed E-state index contributed by atoms with van der Waals surface area (Å²) < 4.78 is 14.2. The van der Waals surface area contributed by atoms with Gasteiger partial charge in [0.15, 0.2) is 0 Å². The SMILES string of the molecule is CCC(C)(C)c1ccc(C(N)c2cc(F)ccc2Br)cc1. The van der Waals surface area contributed by atoms with Crippen LogP contribution in [0.15, 0.2) is 46.9 Å². The van der Waals surface area contributed by atoms with Gasteiger partial charge < -0.3 is 5.73 Å². The molecule has 0 heterocycles. The lowest BCUT2D eigenvalue weighted by Crippen LogP contribution is -2.17. The average molecular weight is 350 g/mol. The Hall–Kier alpha value is -1.19. The lowest BCUT2D eigenvalue weighted by Gasteiger charge is -2.24. The lowest BCUT2D eigenvalue weighted by molar-refractivity contribution is 0.506. The van der Waals surface area contributed by atoms with Gasteiger partial charge in [0.2, 0.25) is 0 Å². The largest absolute Gasteiger partial charge is 0.320 e. The summed E-state index contributed by atoms with van der Waals surface area (Å²) in [5.41, 5.74) is 9.47. The summed E-state index contributed by atoms with van der Waals surface area (Å²) in [6.07, 6.45) is 1.08. The Morgan fingerprint density at radius 2 is 1.76 bits per heavy atom. The fraction of sp³-hybridized carbons (Fsp3) is 0.333. The van der Waals surface area contributed by atoms with Crippen LogP contribution in [0.4, 0.5) is 4.39 Å². The molecule has 1 unspecified atom stereocenters. The molecule has 2 N–H and O–H groups in total. The highest BCUT2D eigenvalue weighted by Crippen LogP contribution is 2.30. The molecule has 0 aliphatic rings. The Morgan fingerprint density at radius 3 is 2.33 bits per heavy atom. The predicted octanol–water partition coefficient (Wildman–Crippen LogP) is 5.32. The molecule has 0 amide bonds. The van der Waals surface area contributed by atoms with E-state index in [0.29, 0.717) is 0 Å². The Kier molecular flexibility index (Phi) is 4.84. The van der Waals surface area contributed by atoms with Gasteiger partial charge in [0.05, 0.1) is 6.04 Å². The molecule has 0 aliphatic carbocycles. The highest BCUT2D eigenvalue weighted by Gasteiger charge is 2.19. The Labute approximate surface area is 134 Å². The molecule has 2 aromatic rings. The van der Waals surface area contributed by atoms with Crippen molar-refractivity contribution in [2.75, 3.05) is 0 Å². The van der Waals surface area contributed by atoms with Crippen LogP contribution < -0.4 is 5.73 Å². The molecule has 2 rings (SSSR count). The molecular formula is C18H21BrFN. The normalized spacial score (nSPS) is 13.2. The third-order valence-electron chi connectivity index (χ3n) is 4.23. The van der Waals surface area contributed by atoms with Gasteiger partial charge in [-0.2, -0.15) is 0 Å². The van der Waals surface area contributed by atoms with Crippen molar-refractivity contribution in [3.05, 3.63) is 69.4 Å². The van der Waals surface area contributed by atoms with Gasteiger partial charge in [0.25, 0.3) is 0 Å². The lowest BCUT2D eigenvalue weighted by atomic mass is 9.81. The summed E-state index contributed by atoms with van der Waals surface area (Å²) in [7, 11) is 0. The van der Waals surface area contributed by atoms with Crippen molar-refractivity contribution in [1.82, 2.24) is 0 Å². The Balaban J connectivity index is 2.32. The highest BCUT2D eigenvalue weighted by atomic mass is 79.9. The van der Waals surface area contributed by atoms with Crippen molar-refractivity contribution >= 4 is 15.9 Å². The van der Waals surface area contributed by atoms with Crippen LogP contribution in [-0.2, 0) is 5.41 Å². The fourth-order valence-electron chi connectivity index (χ4n) is 2.28. The van der Waals surface area contributed by atoms with E-state index in [1.807, 2.05) is 12.1 Å². The van der Waals surface area contributed by atoms with Crippen molar-refractivity contribution in [1.29, 1.82) is 0 Å². The van der Waals surface area contributed by atoms with E-state index >= 15 is 0 Å². The minimum atomic E-state index is -0.339. The van der Waals surface area contributed by atoms with E-state index in [2.05, 4.69) is 48.8 Å². The summed E-state index contributed by atoms with van der Waals surface area (Å²) in [6.45, 7) is 6.64. The van der Waals surface area contributed by atoms with Gasteiger partial charge in [-0.25, -0.2) is 4.39 Å². The standard InChI is InChI=1S/C18H21BrFN/c1-4-18(2,3)13-7-5-12(6-8-13)17(21)15-11-14(20)9-10-16(15)19/h5-11,17H,4,21H2,1-3H3. The fourth-order valence-corrected chi connectivity index (χ4v) is 2.77. The summed E-state index contributed by atoms with van der Waals surface area (Å²) in [5, 5.41) is 0. The molecule has 1 nitrogen and oxygen atoms in total. The second kappa shape index (κ2) is 6.29. The molecule has 3 heteroatoms. The van der Waals surface area contributed by atoms with E-state index in [4.69, 9.17) is 5.73 Å². The van der Waals surface area contributed by atoms with Gasteiger partial charge in [0.1, 0.15) is 5.82 Å². The first-order chi connectivity index (χ1) is 9.85. The number of hydrogen-bond acceptors (Lipinski definition) is 1. The molecule has 0 aromatic heterocycles. The zero-order valence-electron chi connectivity index (χ0n) is 12.7. The quantitative estimate of drug-likeness (QED) is 0.793. The monoisotopic (exact) mass is 349 g/mol. The molecule has 2 aromatic carbocycles. The average Bonchev–Trinajstić information content (AvgIpc) is 2.49. The zero-order chi connectivity index (χ0) is 15.6. The second-order valence-electron chi connectivity index (χ2n) is 6.00. The van der Waals surface area contributed by atoms with Crippen LogP contribution in [0, 0.1) is 5.82 Å². The van der Waals surface area contributed by atoms with Gasteiger partial charge in [-0.3, -0.25) is 0 Å². The molecule has 21 heavy (non-hydrogen) atoms. The minimum absolute atomic E-state index is 0.155. The van der Waals surface area contributed by atoms with Gasteiger partial charge in [-0.05, 0) is 46.7 Å². The van der Waals surface area contributed by atoms with Gasteiger partial charge in [-0.1, -0.05) is 61.0 Å². The molecule has 112 valence electrons. The third-order valence-corrected chi connectivity index (χ3v) is 4.95.